The molecule has 2 rings (SSSR count). The first-order valence-corrected chi connectivity index (χ1v) is 5.14. The molecule has 17 heavy (non-hydrogen) atoms. The summed E-state index contributed by atoms with van der Waals surface area (Å²) in [7, 11) is 1.72. The summed E-state index contributed by atoms with van der Waals surface area (Å²) >= 11 is 0. The fraction of sp³-hybridized carbons (Fsp3) is 0.273. The molecule has 0 saturated carbocycles. The standard InChI is InChI=1S/C11H11N3O3/c1-3-17-11(16)10(15)7-4-5-8-9(6-7)14(2)13-12-8/h4-6H,3H2,1-2H3. The number of carbonyl (C=O) groups is 2. The number of hydrogen-bond donors (Lipinski definition) is 0. The summed E-state index contributed by atoms with van der Waals surface area (Å²) in [6, 6.07) is 4.76. The zero-order valence-electron chi connectivity index (χ0n) is 9.51. The van der Waals surface area contributed by atoms with Crippen LogP contribution in [0, 0.1) is 0 Å². The fourth-order valence-corrected chi connectivity index (χ4v) is 1.49. The molecule has 0 aliphatic carbocycles. The molecule has 0 aliphatic heterocycles. The number of benzene rings is 1. The van der Waals surface area contributed by atoms with E-state index in [4.69, 9.17) is 0 Å². The van der Waals surface area contributed by atoms with Crippen LogP contribution in [-0.4, -0.2) is 33.4 Å². The highest BCUT2D eigenvalue weighted by molar-refractivity contribution is 6.40. The zero-order valence-corrected chi connectivity index (χ0v) is 9.51. The first kappa shape index (κ1) is 11.3. The number of Topliss-reactive ketones (excluding diaryl/α,β-unsaturated/α-hetero) is 1. The first-order chi connectivity index (χ1) is 8.13. The minimum atomic E-state index is -0.845. The average Bonchev–Trinajstić information content (AvgIpc) is 2.70. The Bertz CT molecular complexity index is 589. The molecule has 0 spiro atoms. The SMILES string of the molecule is CCOC(=O)C(=O)c1ccc2nnn(C)c2c1. The molecule has 0 atom stereocenters. The van der Waals surface area contributed by atoms with Gasteiger partial charge in [0, 0.05) is 12.6 Å². The summed E-state index contributed by atoms with van der Waals surface area (Å²) < 4.78 is 6.19. The van der Waals surface area contributed by atoms with Crippen molar-refractivity contribution in [2.75, 3.05) is 6.61 Å². The zero-order chi connectivity index (χ0) is 12.4. The van der Waals surface area contributed by atoms with E-state index < -0.39 is 11.8 Å². The third kappa shape index (κ3) is 2.01. The second-order valence-electron chi connectivity index (χ2n) is 3.47. The second-order valence-corrected chi connectivity index (χ2v) is 3.47. The van der Waals surface area contributed by atoms with Crippen LogP contribution in [0.15, 0.2) is 18.2 Å². The van der Waals surface area contributed by atoms with Gasteiger partial charge in [0.1, 0.15) is 5.52 Å². The minimum absolute atomic E-state index is 0.181. The maximum atomic E-state index is 11.7. The van der Waals surface area contributed by atoms with Crippen LogP contribution in [-0.2, 0) is 16.6 Å². The van der Waals surface area contributed by atoms with Gasteiger partial charge in [-0.2, -0.15) is 0 Å². The van der Waals surface area contributed by atoms with Crippen molar-refractivity contribution in [3.63, 3.8) is 0 Å². The topological polar surface area (TPSA) is 74.1 Å². The summed E-state index contributed by atoms with van der Waals surface area (Å²) in [5.74, 6) is -1.50. The predicted octanol–water partition coefficient (Wildman–Crippen LogP) is 0.714. The number of hydrogen-bond acceptors (Lipinski definition) is 5. The van der Waals surface area contributed by atoms with Crippen molar-refractivity contribution in [1.82, 2.24) is 15.0 Å². The van der Waals surface area contributed by atoms with Gasteiger partial charge in [0.05, 0.1) is 12.1 Å². The Kier molecular flexibility index (Phi) is 2.86. The van der Waals surface area contributed by atoms with Crippen molar-refractivity contribution in [1.29, 1.82) is 0 Å². The molecule has 0 amide bonds. The number of rotatable bonds is 3. The number of carbonyl (C=O) groups excluding carboxylic acids is 2. The average molecular weight is 233 g/mol. The van der Waals surface area contributed by atoms with E-state index in [1.165, 1.54) is 10.7 Å². The number of esters is 1. The molecule has 6 heteroatoms. The predicted molar refractivity (Wildman–Crippen MR) is 59.5 cm³/mol. The molecular weight excluding hydrogens is 222 g/mol. The van der Waals surface area contributed by atoms with E-state index in [0.29, 0.717) is 11.0 Å². The van der Waals surface area contributed by atoms with Crippen LogP contribution >= 0.6 is 0 Å². The van der Waals surface area contributed by atoms with Gasteiger partial charge in [-0.3, -0.25) is 4.79 Å². The summed E-state index contributed by atoms with van der Waals surface area (Å²) in [4.78, 5) is 23.0. The largest absolute Gasteiger partial charge is 0.460 e. The number of ether oxygens (including phenoxy) is 1. The van der Waals surface area contributed by atoms with Gasteiger partial charge in [-0.1, -0.05) is 5.21 Å². The quantitative estimate of drug-likeness (QED) is 0.443. The van der Waals surface area contributed by atoms with Gasteiger partial charge in [0.15, 0.2) is 0 Å². The third-order valence-electron chi connectivity index (χ3n) is 2.33. The van der Waals surface area contributed by atoms with E-state index in [9.17, 15) is 9.59 Å². The minimum Gasteiger partial charge on any atom is -0.460 e. The highest BCUT2D eigenvalue weighted by atomic mass is 16.5. The molecular formula is C11H11N3O3. The van der Waals surface area contributed by atoms with E-state index in [1.54, 1.807) is 26.1 Å². The summed E-state index contributed by atoms with van der Waals surface area (Å²) in [5.41, 5.74) is 1.65. The second kappa shape index (κ2) is 4.32. The lowest BCUT2D eigenvalue weighted by molar-refractivity contribution is -0.137. The van der Waals surface area contributed by atoms with Crippen LogP contribution in [0.4, 0.5) is 0 Å². The Morgan fingerprint density at radius 1 is 1.41 bits per heavy atom. The van der Waals surface area contributed by atoms with Gasteiger partial charge >= 0.3 is 5.97 Å². The number of aromatic nitrogens is 3. The Balaban J connectivity index is 2.39. The monoisotopic (exact) mass is 233 g/mol. The molecule has 0 radical (unpaired) electrons. The molecule has 0 aliphatic rings. The molecule has 88 valence electrons. The molecule has 6 nitrogen and oxygen atoms in total. The van der Waals surface area contributed by atoms with E-state index in [2.05, 4.69) is 15.0 Å². The van der Waals surface area contributed by atoms with Gasteiger partial charge in [-0.05, 0) is 25.1 Å². The van der Waals surface area contributed by atoms with E-state index in [-0.39, 0.29) is 12.2 Å². The maximum Gasteiger partial charge on any atom is 0.379 e. The van der Waals surface area contributed by atoms with Crippen molar-refractivity contribution in [3.05, 3.63) is 23.8 Å². The fourth-order valence-electron chi connectivity index (χ4n) is 1.49. The third-order valence-corrected chi connectivity index (χ3v) is 2.33. The Hall–Kier alpha value is -2.24. The summed E-state index contributed by atoms with van der Waals surface area (Å²) in [6.45, 7) is 1.83. The first-order valence-electron chi connectivity index (χ1n) is 5.14. The number of ketones is 1. The number of aryl methyl sites for hydroxylation is 1. The summed E-state index contributed by atoms with van der Waals surface area (Å²) in [6.07, 6.45) is 0. The number of fused-ring (bicyclic) bond motifs is 1. The smallest absolute Gasteiger partial charge is 0.379 e. The lowest BCUT2D eigenvalue weighted by Gasteiger charge is -2.01. The van der Waals surface area contributed by atoms with Gasteiger partial charge in [0.25, 0.3) is 5.78 Å². The molecule has 0 bridgehead atoms. The normalized spacial score (nSPS) is 10.5. The van der Waals surface area contributed by atoms with Gasteiger partial charge in [0.2, 0.25) is 0 Å². The number of nitrogens with zero attached hydrogens (tertiary/aromatic N) is 3. The Morgan fingerprint density at radius 3 is 2.88 bits per heavy atom. The highest BCUT2D eigenvalue weighted by Crippen LogP contribution is 2.13. The lowest BCUT2D eigenvalue weighted by Crippen LogP contribution is -2.17. The van der Waals surface area contributed by atoms with E-state index >= 15 is 0 Å². The molecule has 1 heterocycles. The van der Waals surface area contributed by atoms with Crippen LogP contribution in [0.25, 0.3) is 11.0 Å². The van der Waals surface area contributed by atoms with Gasteiger partial charge in [-0.25, -0.2) is 9.48 Å². The van der Waals surface area contributed by atoms with E-state index in [1.807, 2.05) is 0 Å². The van der Waals surface area contributed by atoms with Crippen molar-refractivity contribution in [2.45, 2.75) is 6.92 Å². The van der Waals surface area contributed by atoms with Crippen LogP contribution in [0.1, 0.15) is 17.3 Å². The van der Waals surface area contributed by atoms with Crippen molar-refractivity contribution >= 4 is 22.8 Å². The van der Waals surface area contributed by atoms with Crippen molar-refractivity contribution in [3.8, 4) is 0 Å². The molecule has 0 unspecified atom stereocenters. The van der Waals surface area contributed by atoms with Crippen LogP contribution in [0.2, 0.25) is 0 Å². The van der Waals surface area contributed by atoms with Gasteiger partial charge in [-0.15, -0.1) is 5.10 Å². The highest BCUT2D eigenvalue weighted by Gasteiger charge is 2.18. The molecule has 0 saturated heterocycles. The molecule has 2 aromatic rings. The van der Waals surface area contributed by atoms with Crippen molar-refractivity contribution in [2.24, 2.45) is 7.05 Å². The summed E-state index contributed by atoms with van der Waals surface area (Å²) in [5, 5.41) is 7.70. The Labute approximate surface area is 97.2 Å². The molecule has 1 aromatic heterocycles. The maximum absolute atomic E-state index is 11.7. The van der Waals surface area contributed by atoms with Crippen molar-refractivity contribution < 1.29 is 14.3 Å². The van der Waals surface area contributed by atoms with Crippen LogP contribution in [0.3, 0.4) is 0 Å². The lowest BCUT2D eigenvalue weighted by atomic mass is 10.1. The molecule has 1 aromatic carbocycles. The van der Waals surface area contributed by atoms with E-state index in [0.717, 1.165) is 0 Å². The molecule has 0 fully saturated rings. The van der Waals surface area contributed by atoms with Gasteiger partial charge < -0.3 is 4.74 Å². The van der Waals surface area contributed by atoms with Crippen LogP contribution < -0.4 is 0 Å². The van der Waals surface area contributed by atoms with Crippen LogP contribution in [0.5, 0.6) is 0 Å². The Morgan fingerprint density at radius 2 is 2.18 bits per heavy atom. The molecule has 0 N–H and O–H groups in total.